The van der Waals surface area contributed by atoms with Crippen LogP contribution in [-0.2, 0) is 6.54 Å². The Labute approximate surface area is 137 Å². The number of nitrogens with zero attached hydrogens (tertiary/aromatic N) is 1. The molecule has 0 aliphatic carbocycles. The Balaban J connectivity index is 2.11. The molecular formula is C16H16N2O2S2. The Morgan fingerprint density at radius 2 is 2.14 bits per heavy atom. The van der Waals surface area contributed by atoms with E-state index >= 15 is 0 Å². The lowest BCUT2D eigenvalue weighted by Crippen LogP contribution is -2.21. The number of benzene rings is 1. The zero-order valence-electron chi connectivity index (χ0n) is 12.4. The summed E-state index contributed by atoms with van der Waals surface area (Å²) in [5, 5.41) is 2.91. The minimum absolute atomic E-state index is 0.120. The quantitative estimate of drug-likeness (QED) is 0.693. The molecule has 1 N–H and O–H groups in total. The molecule has 2 aromatic rings. The highest BCUT2D eigenvalue weighted by molar-refractivity contribution is 7.99. The number of aromatic nitrogens is 2. The summed E-state index contributed by atoms with van der Waals surface area (Å²) in [6.07, 6.45) is 2.20. The van der Waals surface area contributed by atoms with Crippen LogP contribution >= 0.6 is 24.0 Å². The molecular weight excluding hydrogens is 316 g/mol. The first kappa shape index (κ1) is 15.2. The molecule has 0 radical (unpaired) electrons. The van der Waals surface area contributed by atoms with Gasteiger partial charge in [0, 0.05) is 35.4 Å². The predicted octanol–water partition coefficient (Wildman–Crippen LogP) is 2.95. The van der Waals surface area contributed by atoms with Crippen molar-refractivity contribution in [2.45, 2.75) is 31.7 Å². The Kier molecular flexibility index (Phi) is 4.06. The Morgan fingerprint density at radius 1 is 1.36 bits per heavy atom. The Bertz CT molecular complexity index is 833. The fourth-order valence-corrected chi connectivity index (χ4v) is 4.18. The fraction of sp³-hybridized carbons (Fsp3) is 0.312. The van der Waals surface area contributed by atoms with Crippen molar-refractivity contribution in [2.75, 3.05) is 5.75 Å². The maximum atomic E-state index is 12.3. The summed E-state index contributed by atoms with van der Waals surface area (Å²) in [7, 11) is 0. The molecule has 3 rings (SSSR count). The molecule has 0 atom stereocenters. The first-order valence-electron chi connectivity index (χ1n) is 7.17. The van der Waals surface area contributed by atoms with Gasteiger partial charge in [0.2, 0.25) is 0 Å². The molecule has 0 saturated carbocycles. The second-order valence-electron chi connectivity index (χ2n) is 5.20. The van der Waals surface area contributed by atoms with E-state index in [-0.39, 0.29) is 11.3 Å². The summed E-state index contributed by atoms with van der Waals surface area (Å²) in [6.45, 7) is 4.37. The topological polar surface area (TPSA) is 54.9 Å². The van der Waals surface area contributed by atoms with Gasteiger partial charge in [0.15, 0.2) is 5.78 Å². The molecule has 0 spiro atoms. The average Bonchev–Trinajstić information content (AvgIpc) is 2.88. The van der Waals surface area contributed by atoms with E-state index in [9.17, 15) is 9.59 Å². The zero-order chi connectivity index (χ0) is 15.9. The zero-order valence-corrected chi connectivity index (χ0v) is 14.1. The summed E-state index contributed by atoms with van der Waals surface area (Å²) in [4.78, 5) is 26.0. The number of nitrogens with one attached hydrogen (secondary N) is 1. The van der Waals surface area contributed by atoms with Crippen LogP contribution in [0.25, 0.3) is 0 Å². The number of thioether (sulfide) groups is 1. The van der Waals surface area contributed by atoms with Crippen molar-refractivity contribution < 1.29 is 4.79 Å². The van der Waals surface area contributed by atoms with Crippen molar-refractivity contribution in [2.24, 2.45) is 0 Å². The van der Waals surface area contributed by atoms with E-state index in [1.807, 2.05) is 26.0 Å². The summed E-state index contributed by atoms with van der Waals surface area (Å²) in [5.41, 5.74) is 2.80. The number of Topliss-reactive ketones (excluding diaryl/α,β-unsaturated/α-hetero) is 1. The molecule has 0 saturated heterocycles. The van der Waals surface area contributed by atoms with Gasteiger partial charge in [-0.2, -0.15) is 0 Å². The van der Waals surface area contributed by atoms with E-state index in [4.69, 9.17) is 12.2 Å². The number of thiocarbonyl (C=S) groups is 1. The van der Waals surface area contributed by atoms with Crippen molar-refractivity contribution in [3.8, 4) is 0 Å². The monoisotopic (exact) mass is 332 g/mol. The number of fused-ring (bicyclic) bond motifs is 1. The second-order valence-corrected chi connectivity index (χ2v) is 6.74. The predicted molar refractivity (Wildman–Crippen MR) is 92.4 cm³/mol. The van der Waals surface area contributed by atoms with Gasteiger partial charge in [-0.3, -0.25) is 14.3 Å². The van der Waals surface area contributed by atoms with Gasteiger partial charge in [-0.15, -0.1) is 11.8 Å². The number of carbonyl (C=O) groups excluding carboxylic acids is 1. The third kappa shape index (κ3) is 2.36. The maximum Gasteiger partial charge on any atom is 0.275 e. The fourth-order valence-electron chi connectivity index (χ4n) is 2.73. The number of aryl methyl sites for hydroxylation is 1. The van der Waals surface area contributed by atoms with Gasteiger partial charge in [0.1, 0.15) is 0 Å². The molecule has 1 aromatic carbocycles. The standard InChI is InChI=1S/C16H16N2O2S2/c1-3-18-16(20)11(8-17-18)15(21)10-4-5-13-14(9(10)2)12(19)6-7-22-13/h4-5,8,17H,3,6-7H2,1-2H3. The van der Waals surface area contributed by atoms with Gasteiger partial charge >= 0.3 is 0 Å². The largest absolute Gasteiger partial charge is 0.302 e. The highest BCUT2D eigenvalue weighted by Gasteiger charge is 2.23. The molecule has 114 valence electrons. The first-order valence-corrected chi connectivity index (χ1v) is 8.56. The number of aromatic amines is 1. The Morgan fingerprint density at radius 3 is 2.82 bits per heavy atom. The van der Waals surface area contributed by atoms with Gasteiger partial charge in [-0.05, 0) is 31.0 Å². The van der Waals surface area contributed by atoms with E-state index in [0.717, 1.165) is 27.3 Å². The molecule has 0 fully saturated rings. The van der Waals surface area contributed by atoms with Crippen LogP contribution in [0.15, 0.2) is 28.0 Å². The van der Waals surface area contributed by atoms with Crippen LogP contribution in [-0.4, -0.2) is 26.2 Å². The molecule has 1 aromatic heterocycles. The molecule has 0 bridgehead atoms. The minimum atomic E-state index is -0.120. The number of carbonyl (C=O) groups is 1. The van der Waals surface area contributed by atoms with Crippen LogP contribution in [0.1, 0.15) is 40.4 Å². The second kappa shape index (κ2) is 5.85. The summed E-state index contributed by atoms with van der Waals surface area (Å²) < 4.78 is 1.51. The van der Waals surface area contributed by atoms with Crippen molar-refractivity contribution in [1.29, 1.82) is 0 Å². The van der Waals surface area contributed by atoms with Gasteiger partial charge in [0.05, 0.1) is 10.4 Å². The maximum absolute atomic E-state index is 12.3. The third-order valence-electron chi connectivity index (χ3n) is 3.94. The highest BCUT2D eigenvalue weighted by Crippen LogP contribution is 2.34. The van der Waals surface area contributed by atoms with Crippen molar-refractivity contribution in [3.05, 3.63) is 50.9 Å². The summed E-state index contributed by atoms with van der Waals surface area (Å²) >= 11 is 7.21. The van der Waals surface area contributed by atoms with Crippen LogP contribution in [0.4, 0.5) is 0 Å². The SMILES string of the molecule is CCn1[nH]cc(C(=S)c2ccc3c(c2C)C(=O)CCS3)c1=O. The lowest BCUT2D eigenvalue weighted by molar-refractivity contribution is 0.0984. The van der Waals surface area contributed by atoms with Gasteiger partial charge in [-0.25, -0.2) is 0 Å². The smallest absolute Gasteiger partial charge is 0.275 e. The van der Waals surface area contributed by atoms with Crippen LogP contribution in [0.3, 0.4) is 0 Å². The highest BCUT2D eigenvalue weighted by atomic mass is 32.2. The van der Waals surface area contributed by atoms with Gasteiger partial charge in [-0.1, -0.05) is 18.3 Å². The summed E-state index contributed by atoms with van der Waals surface area (Å²) in [6, 6.07) is 3.86. The van der Waals surface area contributed by atoms with Crippen molar-refractivity contribution in [3.63, 3.8) is 0 Å². The van der Waals surface area contributed by atoms with Gasteiger partial charge in [0.25, 0.3) is 5.56 Å². The average molecular weight is 332 g/mol. The van der Waals surface area contributed by atoms with E-state index in [1.54, 1.807) is 18.0 Å². The molecule has 0 amide bonds. The van der Waals surface area contributed by atoms with Crippen molar-refractivity contribution in [1.82, 2.24) is 9.78 Å². The number of hydrogen-bond acceptors (Lipinski definition) is 4. The number of rotatable bonds is 3. The minimum Gasteiger partial charge on any atom is -0.302 e. The first-order chi connectivity index (χ1) is 10.5. The Hall–Kier alpha value is -1.66. The van der Waals surface area contributed by atoms with Crippen molar-refractivity contribution >= 4 is 34.6 Å². The number of hydrogen-bond donors (Lipinski definition) is 1. The van der Waals surface area contributed by atoms with Crippen LogP contribution < -0.4 is 5.56 Å². The number of ketones is 1. The van der Waals surface area contributed by atoms with E-state index in [1.165, 1.54) is 4.68 Å². The lowest BCUT2D eigenvalue weighted by atomic mass is 9.94. The normalized spacial score (nSPS) is 14.0. The lowest BCUT2D eigenvalue weighted by Gasteiger charge is -2.18. The van der Waals surface area contributed by atoms with E-state index in [0.29, 0.717) is 23.4 Å². The van der Waals surface area contributed by atoms with Crippen LogP contribution in [0, 0.1) is 6.92 Å². The molecule has 1 aliphatic heterocycles. The molecule has 2 heterocycles. The third-order valence-corrected chi connectivity index (χ3v) is 5.44. The molecule has 22 heavy (non-hydrogen) atoms. The van der Waals surface area contributed by atoms with E-state index < -0.39 is 0 Å². The molecule has 4 nitrogen and oxygen atoms in total. The van der Waals surface area contributed by atoms with Crippen LogP contribution in [0.5, 0.6) is 0 Å². The molecule has 1 aliphatic rings. The van der Waals surface area contributed by atoms with E-state index in [2.05, 4.69) is 5.10 Å². The summed E-state index contributed by atoms with van der Waals surface area (Å²) in [5.74, 6) is 0.990. The van der Waals surface area contributed by atoms with Crippen LogP contribution in [0.2, 0.25) is 0 Å². The van der Waals surface area contributed by atoms with Gasteiger partial charge < -0.3 is 5.10 Å². The number of H-pyrrole nitrogens is 1. The molecule has 6 heteroatoms. The molecule has 0 unspecified atom stereocenters.